The minimum absolute atomic E-state index is 0.0178. The van der Waals surface area contributed by atoms with E-state index >= 15 is 0 Å². The molecule has 0 atom stereocenters. The van der Waals surface area contributed by atoms with Crippen molar-refractivity contribution in [3.63, 3.8) is 0 Å². The van der Waals surface area contributed by atoms with Crippen molar-refractivity contribution in [2.45, 2.75) is 132 Å². The number of aromatic hydroxyl groups is 2. The maximum absolute atomic E-state index is 10.4. The lowest BCUT2D eigenvalue weighted by atomic mass is 9.78. The van der Waals surface area contributed by atoms with E-state index in [4.69, 9.17) is 4.74 Å². The molecule has 2 aromatic carbocycles. The van der Waals surface area contributed by atoms with E-state index < -0.39 is 0 Å². The topological polar surface area (TPSA) is 49.7 Å². The molecular weight excluding hydrogens is 456 g/mol. The molecule has 0 bridgehead atoms. The molecule has 2 N–H and O–H groups in total. The summed E-state index contributed by atoms with van der Waals surface area (Å²) in [6.07, 6.45) is 0. The fourth-order valence-electron chi connectivity index (χ4n) is 4.05. The summed E-state index contributed by atoms with van der Waals surface area (Å²) in [5.41, 5.74) is 6.52. The second-order valence-electron chi connectivity index (χ2n) is 14.2. The number of aryl methyl sites for hydroxylation is 2. The van der Waals surface area contributed by atoms with Crippen LogP contribution in [-0.4, -0.2) is 23.4 Å². The van der Waals surface area contributed by atoms with Crippen molar-refractivity contribution >= 4 is 0 Å². The predicted octanol–water partition coefficient (Wildman–Crippen LogP) is 9.63. The SMILES string of the molecule is CCOCC.Cc1cc(C(C)(C)C)c(O)c(C(C)(C)C)c1.Cc1cc(C(C)(C)C)c(O)c(C(C)(C)C)c1. The van der Waals surface area contributed by atoms with Crippen molar-refractivity contribution < 1.29 is 14.9 Å². The number of phenolic OH excluding ortho intramolecular Hbond substituents is 2. The normalized spacial score (nSPS) is 12.3. The van der Waals surface area contributed by atoms with E-state index in [-0.39, 0.29) is 21.7 Å². The molecule has 3 heteroatoms. The van der Waals surface area contributed by atoms with E-state index in [1.165, 1.54) is 11.1 Å². The first-order valence-corrected chi connectivity index (χ1v) is 13.7. The first kappa shape index (κ1) is 35.0. The number of benzene rings is 2. The van der Waals surface area contributed by atoms with Gasteiger partial charge in [0.1, 0.15) is 11.5 Å². The zero-order valence-corrected chi connectivity index (χ0v) is 27.0. The third-order valence-corrected chi connectivity index (χ3v) is 6.15. The molecule has 0 unspecified atom stereocenters. The lowest BCUT2D eigenvalue weighted by molar-refractivity contribution is 0.162. The lowest BCUT2D eigenvalue weighted by Crippen LogP contribution is -2.17. The summed E-state index contributed by atoms with van der Waals surface area (Å²) in [5, 5.41) is 20.8. The van der Waals surface area contributed by atoms with Gasteiger partial charge in [0, 0.05) is 13.2 Å². The minimum Gasteiger partial charge on any atom is -0.507 e. The molecule has 0 aliphatic rings. The van der Waals surface area contributed by atoms with Gasteiger partial charge in [0.2, 0.25) is 0 Å². The highest BCUT2D eigenvalue weighted by molar-refractivity contribution is 5.50. The van der Waals surface area contributed by atoms with E-state index in [1.54, 1.807) is 0 Å². The maximum Gasteiger partial charge on any atom is 0.123 e. The van der Waals surface area contributed by atoms with Crippen molar-refractivity contribution in [1.82, 2.24) is 0 Å². The van der Waals surface area contributed by atoms with Gasteiger partial charge in [0.15, 0.2) is 0 Å². The quantitative estimate of drug-likeness (QED) is 0.419. The molecule has 0 radical (unpaired) electrons. The van der Waals surface area contributed by atoms with Crippen LogP contribution in [0.5, 0.6) is 11.5 Å². The van der Waals surface area contributed by atoms with Crippen LogP contribution in [0.25, 0.3) is 0 Å². The summed E-state index contributed by atoms with van der Waals surface area (Å²) in [4.78, 5) is 0. The zero-order valence-electron chi connectivity index (χ0n) is 27.0. The van der Waals surface area contributed by atoms with Gasteiger partial charge in [0.05, 0.1) is 0 Å². The average Bonchev–Trinajstić information content (AvgIpc) is 2.69. The fraction of sp³-hybridized carbons (Fsp3) is 0.647. The molecule has 3 nitrogen and oxygen atoms in total. The molecule has 2 aromatic rings. The van der Waals surface area contributed by atoms with Crippen LogP contribution in [0.4, 0.5) is 0 Å². The number of phenols is 2. The molecule has 0 aliphatic carbocycles. The first-order chi connectivity index (χ1) is 16.5. The number of hydrogen-bond donors (Lipinski definition) is 2. The molecule has 0 saturated heterocycles. The molecule has 37 heavy (non-hydrogen) atoms. The van der Waals surface area contributed by atoms with E-state index in [0.29, 0.717) is 11.5 Å². The summed E-state index contributed by atoms with van der Waals surface area (Å²) in [6.45, 7) is 35.4. The molecule has 0 saturated carbocycles. The van der Waals surface area contributed by atoms with Crippen LogP contribution < -0.4 is 0 Å². The van der Waals surface area contributed by atoms with E-state index in [0.717, 1.165) is 35.5 Å². The van der Waals surface area contributed by atoms with Gasteiger partial charge in [-0.1, -0.05) is 118 Å². The Bertz CT molecular complexity index is 836. The van der Waals surface area contributed by atoms with Gasteiger partial charge in [-0.05, 0) is 71.6 Å². The van der Waals surface area contributed by atoms with Gasteiger partial charge in [-0.3, -0.25) is 0 Å². The molecule has 0 aromatic heterocycles. The molecule has 0 heterocycles. The standard InChI is InChI=1S/2C15H24O.C4H10O/c2*1-10-8-11(14(2,3)4)13(16)12(9-10)15(5,6)7;1-3-5-4-2/h2*8-9,16H,1-7H3;3-4H2,1-2H3. The van der Waals surface area contributed by atoms with Gasteiger partial charge >= 0.3 is 0 Å². The van der Waals surface area contributed by atoms with E-state index in [1.807, 2.05) is 13.8 Å². The average molecular weight is 515 g/mol. The first-order valence-electron chi connectivity index (χ1n) is 13.7. The van der Waals surface area contributed by atoms with E-state index in [2.05, 4.69) is 121 Å². The highest BCUT2D eigenvalue weighted by Crippen LogP contribution is 2.40. The van der Waals surface area contributed by atoms with Crippen molar-refractivity contribution in [3.05, 3.63) is 57.6 Å². The fourth-order valence-corrected chi connectivity index (χ4v) is 4.05. The number of rotatable bonds is 2. The molecule has 0 spiro atoms. The molecule has 2 rings (SSSR count). The smallest absolute Gasteiger partial charge is 0.123 e. The Kier molecular flexibility index (Phi) is 12.5. The van der Waals surface area contributed by atoms with Crippen molar-refractivity contribution in [3.8, 4) is 11.5 Å². The minimum atomic E-state index is -0.0178. The summed E-state index contributed by atoms with van der Waals surface area (Å²) < 4.78 is 4.83. The van der Waals surface area contributed by atoms with Crippen LogP contribution in [0.15, 0.2) is 24.3 Å². The van der Waals surface area contributed by atoms with Gasteiger partial charge < -0.3 is 14.9 Å². The summed E-state index contributed by atoms with van der Waals surface area (Å²) in [6, 6.07) is 8.35. The number of ether oxygens (including phenoxy) is 1. The molecule has 212 valence electrons. The Balaban J connectivity index is 0.000000594. The molecule has 0 amide bonds. The molecule has 0 fully saturated rings. The summed E-state index contributed by atoms with van der Waals surface area (Å²) in [7, 11) is 0. The Morgan fingerprint density at radius 3 is 0.784 bits per heavy atom. The monoisotopic (exact) mass is 514 g/mol. The highest BCUT2D eigenvalue weighted by Gasteiger charge is 2.26. The van der Waals surface area contributed by atoms with E-state index in [9.17, 15) is 10.2 Å². The van der Waals surface area contributed by atoms with Crippen LogP contribution in [0, 0.1) is 13.8 Å². The number of hydrogen-bond acceptors (Lipinski definition) is 3. The Hall–Kier alpha value is -2.00. The van der Waals surface area contributed by atoms with Crippen LogP contribution >= 0.6 is 0 Å². The lowest BCUT2D eigenvalue weighted by Gasteiger charge is -2.27. The summed E-state index contributed by atoms with van der Waals surface area (Å²) >= 11 is 0. The maximum atomic E-state index is 10.4. The third-order valence-electron chi connectivity index (χ3n) is 6.15. The Labute approximate surface area is 229 Å². The Morgan fingerprint density at radius 2 is 0.676 bits per heavy atom. The van der Waals surface area contributed by atoms with Crippen molar-refractivity contribution in [1.29, 1.82) is 0 Å². The second kappa shape index (κ2) is 13.2. The van der Waals surface area contributed by atoms with Crippen LogP contribution in [0.3, 0.4) is 0 Å². The van der Waals surface area contributed by atoms with Gasteiger partial charge in [-0.15, -0.1) is 0 Å². The molecule has 0 aliphatic heterocycles. The van der Waals surface area contributed by atoms with Crippen LogP contribution in [-0.2, 0) is 26.4 Å². The van der Waals surface area contributed by atoms with Crippen LogP contribution in [0.2, 0.25) is 0 Å². The highest BCUT2D eigenvalue weighted by atomic mass is 16.5. The van der Waals surface area contributed by atoms with Crippen LogP contribution in [0.1, 0.15) is 130 Å². The largest absolute Gasteiger partial charge is 0.507 e. The Morgan fingerprint density at radius 1 is 0.486 bits per heavy atom. The predicted molar refractivity (Wildman–Crippen MR) is 163 cm³/mol. The summed E-state index contributed by atoms with van der Waals surface area (Å²) in [5.74, 6) is 0.927. The zero-order chi connectivity index (χ0) is 29.6. The third kappa shape index (κ3) is 11.1. The van der Waals surface area contributed by atoms with Crippen molar-refractivity contribution in [2.24, 2.45) is 0 Å². The van der Waals surface area contributed by atoms with Crippen molar-refractivity contribution in [2.75, 3.05) is 13.2 Å². The molecular formula is C34H58O3. The van der Waals surface area contributed by atoms with Gasteiger partial charge in [-0.2, -0.15) is 0 Å². The second-order valence-corrected chi connectivity index (χ2v) is 14.2. The van der Waals surface area contributed by atoms with Gasteiger partial charge in [0.25, 0.3) is 0 Å². The van der Waals surface area contributed by atoms with Gasteiger partial charge in [-0.25, -0.2) is 0 Å².